The Morgan fingerprint density at radius 1 is 1.44 bits per heavy atom. The van der Waals surface area contributed by atoms with Crippen LogP contribution in [0, 0.1) is 0 Å². The van der Waals surface area contributed by atoms with Gasteiger partial charge in [0.2, 0.25) is 0 Å². The lowest BCUT2D eigenvalue weighted by Gasteiger charge is -2.20. The summed E-state index contributed by atoms with van der Waals surface area (Å²) in [6.45, 7) is 9.07. The highest BCUT2D eigenvalue weighted by atomic mass is 16.3. The highest BCUT2D eigenvalue weighted by Crippen LogP contribution is 2.11. The molecule has 0 fully saturated rings. The van der Waals surface area contributed by atoms with Crippen LogP contribution < -0.4 is 11.1 Å². The van der Waals surface area contributed by atoms with Crippen molar-refractivity contribution in [1.82, 2.24) is 10.2 Å². The van der Waals surface area contributed by atoms with Crippen LogP contribution in [0.5, 0.6) is 0 Å². The van der Waals surface area contributed by atoms with Crippen LogP contribution in [0.3, 0.4) is 0 Å². The molecule has 1 aromatic rings. The average Bonchev–Trinajstić information content (AvgIpc) is 2.83. The summed E-state index contributed by atoms with van der Waals surface area (Å²) in [6, 6.07) is 3.98. The number of nitrogens with zero attached hydrogens (tertiary/aromatic N) is 1. The molecule has 0 aliphatic heterocycles. The van der Waals surface area contributed by atoms with Gasteiger partial charge in [-0.2, -0.15) is 0 Å². The van der Waals surface area contributed by atoms with Gasteiger partial charge in [-0.25, -0.2) is 0 Å². The largest absolute Gasteiger partial charge is 0.468 e. The molecule has 92 valence electrons. The summed E-state index contributed by atoms with van der Waals surface area (Å²) in [5.74, 6) is 0.919. The van der Waals surface area contributed by atoms with Gasteiger partial charge in [0.25, 0.3) is 0 Å². The third kappa shape index (κ3) is 3.96. The maximum absolute atomic E-state index is 5.71. The van der Waals surface area contributed by atoms with Crippen molar-refractivity contribution in [3.63, 3.8) is 0 Å². The predicted molar refractivity (Wildman–Crippen MR) is 66.3 cm³/mol. The summed E-state index contributed by atoms with van der Waals surface area (Å²) in [7, 11) is 0. The van der Waals surface area contributed by atoms with Gasteiger partial charge in [-0.3, -0.25) is 0 Å². The number of nitrogens with two attached hydrogens (primary N) is 1. The first-order chi connectivity index (χ1) is 7.81. The van der Waals surface area contributed by atoms with E-state index in [4.69, 9.17) is 10.2 Å². The summed E-state index contributed by atoms with van der Waals surface area (Å²) in [5.41, 5.74) is 5.71. The highest BCUT2D eigenvalue weighted by molar-refractivity contribution is 5.04. The van der Waals surface area contributed by atoms with Crippen molar-refractivity contribution in [2.45, 2.75) is 19.9 Å². The summed E-state index contributed by atoms with van der Waals surface area (Å²) in [6.07, 6.45) is 1.68. The average molecular weight is 225 g/mol. The van der Waals surface area contributed by atoms with Gasteiger partial charge in [0.1, 0.15) is 5.76 Å². The van der Waals surface area contributed by atoms with Gasteiger partial charge >= 0.3 is 0 Å². The molecule has 0 spiro atoms. The molecule has 4 nitrogen and oxygen atoms in total. The zero-order valence-corrected chi connectivity index (χ0v) is 10.3. The molecule has 0 saturated heterocycles. The second-order valence-corrected chi connectivity index (χ2v) is 3.78. The van der Waals surface area contributed by atoms with Crippen LogP contribution in [0.1, 0.15) is 25.6 Å². The Hall–Kier alpha value is -0.840. The van der Waals surface area contributed by atoms with E-state index in [0.29, 0.717) is 6.54 Å². The van der Waals surface area contributed by atoms with Crippen LogP contribution in [0.4, 0.5) is 0 Å². The molecule has 1 heterocycles. The van der Waals surface area contributed by atoms with E-state index < -0.39 is 0 Å². The van der Waals surface area contributed by atoms with Gasteiger partial charge in [0, 0.05) is 19.6 Å². The summed E-state index contributed by atoms with van der Waals surface area (Å²) in [5, 5.41) is 3.41. The predicted octanol–water partition coefficient (Wildman–Crippen LogP) is 1.21. The molecule has 0 bridgehead atoms. The van der Waals surface area contributed by atoms with Crippen LogP contribution in [-0.4, -0.2) is 37.6 Å². The molecule has 16 heavy (non-hydrogen) atoms. The van der Waals surface area contributed by atoms with E-state index in [-0.39, 0.29) is 6.04 Å². The number of furan rings is 1. The van der Waals surface area contributed by atoms with Crippen molar-refractivity contribution in [2.75, 3.05) is 32.7 Å². The van der Waals surface area contributed by atoms with E-state index in [1.54, 1.807) is 6.26 Å². The molecule has 0 amide bonds. The zero-order valence-electron chi connectivity index (χ0n) is 10.3. The van der Waals surface area contributed by atoms with E-state index >= 15 is 0 Å². The number of nitrogens with one attached hydrogen (secondary N) is 1. The van der Waals surface area contributed by atoms with Gasteiger partial charge in [0.05, 0.1) is 12.3 Å². The maximum atomic E-state index is 5.71. The van der Waals surface area contributed by atoms with E-state index in [9.17, 15) is 0 Å². The second kappa shape index (κ2) is 7.44. The van der Waals surface area contributed by atoms with Crippen molar-refractivity contribution in [1.29, 1.82) is 0 Å². The summed E-state index contributed by atoms with van der Waals surface area (Å²) < 4.78 is 5.34. The Morgan fingerprint density at radius 2 is 2.19 bits per heavy atom. The molecule has 0 aromatic carbocycles. The van der Waals surface area contributed by atoms with Crippen LogP contribution >= 0.6 is 0 Å². The topological polar surface area (TPSA) is 54.4 Å². The first-order valence-corrected chi connectivity index (χ1v) is 6.01. The molecular formula is C12H23N3O. The molecule has 3 N–H and O–H groups in total. The first kappa shape index (κ1) is 13.2. The monoisotopic (exact) mass is 225 g/mol. The summed E-state index contributed by atoms with van der Waals surface area (Å²) in [4.78, 5) is 2.38. The van der Waals surface area contributed by atoms with Crippen LogP contribution in [0.15, 0.2) is 22.8 Å². The van der Waals surface area contributed by atoms with Gasteiger partial charge < -0.3 is 20.4 Å². The summed E-state index contributed by atoms with van der Waals surface area (Å²) >= 11 is 0. The molecular weight excluding hydrogens is 202 g/mol. The van der Waals surface area contributed by atoms with Crippen molar-refractivity contribution < 1.29 is 4.42 Å². The lowest BCUT2D eigenvalue weighted by molar-refractivity contribution is 0.292. The third-order valence-electron chi connectivity index (χ3n) is 2.84. The number of hydrogen-bond acceptors (Lipinski definition) is 4. The van der Waals surface area contributed by atoms with Crippen molar-refractivity contribution in [3.05, 3.63) is 24.2 Å². The van der Waals surface area contributed by atoms with Crippen LogP contribution in [0.25, 0.3) is 0 Å². The minimum atomic E-state index is 0.130. The number of likely N-dealkylation sites (N-methyl/N-ethyl adjacent to an activating group) is 1. The number of rotatable bonds is 8. The van der Waals surface area contributed by atoms with Gasteiger partial charge in [-0.05, 0) is 25.2 Å². The molecule has 1 atom stereocenters. The van der Waals surface area contributed by atoms with E-state index in [0.717, 1.165) is 31.9 Å². The Labute approximate surface area is 97.8 Å². The molecule has 1 rings (SSSR count). The van der Waals surface area contributed by atoms with Crippen molar-refractivity contribution >= 4 is 0 Å². The van der Waals surface area contributed by atoms with Gasteiger partial charge in [-0.1, -0.05) is 13.8 Å². The van der Waals surface area contributed by atoms with E-state index in [1.807, 2.05) is 12.1 Å². The molecule has 0 radical (unpaired) electrons. The quantitative estimate of drug-likeness (QED) is 0.698. The standard InChI is InChI=1S/C12H23N3O/c1-3-15(4-2)8-7-14-11(10-13)12-6-5-9-16-12/h5-6,9,11,14H,3-4,7-8,10,13H2,1-2H3. The lowest BCUT2D eigenvalue weighted by Crippen LogP contribution is -2.36. The minimum Gasteiger partial charge on any atom is -0.468 e. The van der Waals surface area contributed by atoms with Crippen molar-refractivity contribution in [2.24, 2.45) is 5.73 Å². The minimum absolute atomic E-state index is 0.130. The fourth-order valence-corrected chi connectivity index (χ4v) is 1.73. The maximum Gasteiger partial charge on any atom is 0.121 e. The normalized spacial score (nSPS) is 13.2. The molecule has 4 heteroatoms. The zero-order chi connectivity index (χ0) is 11.8. The Bertz CT molecular complexity index is 257. The Kier molecular flexibility index (Phi) is 6.15. The van der Waals surface area contributed by atoms with Gasteiger partial charge in [0.15, 0.2) is 0 Å². The van der Waals surface area contributed by atoms with Crippen LogP contribution in [-0.2, 0) is 0 Å². The fourth-order valence-electron chi connectivity index (χ4n) is 1.73. The Balaban J connectivity index is 2.30. The molecule has 1 aromatic heterocycles. The van der Waals surface area contributed by atoms with E-state index in [2.05, 4.69) is 24.1 Å². The van der Waals surface area contributed by atoms with Crippen molar-refractivity contribution in [3.8, 4) is 0 Å². The van der Waals surface area contributed by atoms with Crippen LogP contribution in [0.2, 0.25) is 0 Å². The lowest BCUT2D eigenvalue weighted by atomic mass is 10.2. The molecule has 0 aliphatic carbocycles. The van der Waals surface area contributed by atoms with E-state index in [1.165, 1.54) is 0 Å². The molecule has 0 aliphatic rings. The Morgan fingerprint density at radius 3 is 2.69 bits per heavy atom. The highest BCUT2D eigenvalue weighted by Gasteiger charge is 2.11. The SMILES string of the molecule is CCN(CC)CCNC(CN)c1ccco1. The smallest absolute Gasteiger partial charge is 0.121 e. The molecule has 0 saturated carbocycles. The van der Waals surface area contributed by atoms with Gasteiger partial charge in [-0.15, -0.1) is 0 Å². The third-order valence-corrected chi connectivity index (χ3v) is 2.84. The first-order valence-electron chi connectivity index (χ1n) is 6.01. The number of hydrogen-bond donors (Lipinski definition) is 2. The molecule has 1 unspecified atom stereocenters. The fraction of sp³-hybridized carbons (Fsp3) is 0.667. The second-order valence-electron chi connectivity index (χ2n) is 3.78.